The van der Waals surface area contributed by atoms with Gasteiger partial charge in [0.1, 0.15) is 0 Å². The molecule has 2 N–H and O–H groups in total. The maximum absolute atomic E-state index is 12.0. The third kappa shape index (κ3) is 4.73. The molecule has 0 spiro atoms. The molecule has 2 rings (SSSR count). The first kappa shape index (κ1) is 17.8. The smallest absolute Gasteiger partial charge is 0.252 e. The number of amides is 2. The van der Waals surface area contributed by atoms with Crippen molar-refractivity contribution in [2.24, 2.45) is 0 Å². The van der Waals surface area contributed by atoms with E-state index in [-0.39, 0.29) is 11.8 Å². The lowest BCUT2D eigenvalue weighted by Crippen LogP contribution is -2.17. The van der Waals surface area contributed by atoms with E-state index in [1.165, 1.54) is 23.6 Å². The normalized spacial score (nSPS) is 12.1. The molecule has 0 saturated heterocycles. The number of carbonyl (C=O) groups is 2. The molecule has 2 heterocycles. The van der Waals surface area contributed by atoms with Gasteiger partial charge < -0.3 is 5.32 Å². The molecule has 0 aliphatic carbocycles. The highest BCUT2D eigenvalue weighted by Crippen LogP contribution is 2.23. The van der Waals surface area contributed by atoms with Gasteiger partial charge in [0.2, 0.25) is 5.91 Å². The van der Waals surface area contributed by atoms with Crippen molar-refractivity contribution >= 4 is 34.4 Å². The van der Waals surface area contributed by atoms with E-state index in [2.05, 4.69) is 34.4 Å². The van der Waals surface area contributed by atoms with Crippen LogP contribution in [0.2, 0.25) is 0 Å². The molecule has 0 fully saturated rings. The number of anilines is 1. The first-order chi connectivity index (χ1) is 11.5. The van der Waals surface area contributed by atoms with E-state index in [0.29, 0.717) is 22.2 Å². The molecule has 0 saturated carbocycles. The highest BCUT2D eigenvalue weighted by atomic mass is 32.1. The Bertz CT molecular complexity index is 755. The van der Waals surface area contributed by atoms with Crippen molar-refractivity contribution < 1.29 is 9.59 Å². The van der Waals surface area contributed by atoms with Crippen LogP contribution in [0.3, 0.4) is 0 Å². The zero-order valence-electron chi connectivity index (χ0n) is 13.9. The summed E-state index contributed by atoms with van der Waals surface area (Å²) >= 11 is 1.41. The number of rotatable bonds is 6. The average molecular weight is 344 g/mol. The van der Waals surface area contributed by atoms with Crippen LogP contribution < -0.4 is 10.6 Å². The second-order valence-electron chi connectivity index (χ2n) is 5.30. The van der Waals surface area contributed by atoms with E-state index in [1.54, 1.807) is 25.4 Å². The summed E-state index contributed by atoms with van der Waals surface area (Å²) < 4.78 is 0. The van der Waals surface area contributed by atoms with Crippen LogP contribution in [0.15, 0.2) is 29.9 Å². The van der Waals surface area contributed by atoms with Crippen LogP contribution in [-0.2, 0) is 4.79 Å². The molecule has 24 heavy (non-hydrogen) atoms. The second kappa shape index (κ2) is 8.35. The van der Waals surface area contributed by atoms with Crippen LogP contribution >= 0.6 is 11.3 Å². The fourth-order valence-corrected chi connectivity index (χ4v) is 2.75. The van der Waals surface area contributed by atoms with Gasteiger partial charge in [-0.15, -0.1) is 11.3 Å². The van der Waals surface area contributed by atoms with Crippen LogP contribution in [0, 0.1) is 0 Å². The van der Waals surface area contributed by atoms with Gasteiger partial charge in [0.25, 0.3) is 5.91 Å². The molecular weight excluding hydrogens is 324 g/mol. The van der Waals surface area contributed by atoms with Crippen molar-refractivity contribution in [1.29, 1.82) is 0 Å². The molecule has 0 aliphatic rings. The number of aromatic nitrogens is 2. The minimum atomic E-state index is -0.273. The summed E-state index contributed by atoms with van der Waals surface area (Å²) in [5, 5.41) is 7.82. The minimum absolute atomic E-state index is 0.220. The fraction of sp³-hybridized carbons (Fsp3) is 0.294. The lowest BCUT2D eigenvalue weighted by atomic mass is 10.1. The number of nitrogens with one attached hydrogen (secondary N) is 2. The number of carbonyl (C=O) groups excluding carboxylic acids is 2. The Morgan fingerprint density at radius 2 is 2.17 bits per heavy atom. The summed E-state index contributed by atoms with van der Waals surface area (Å²) in [5.41, 5.74) is 2.10. The van der Waals surface area contributed by atoms with Gasteiger partial charge in [0.05, 0.1) is 11.3 Å². The molecule has 2 aromatic rings. The van der Waals surface area contributed by atoms with Crippen LogP contribution in [0.25, 0.3) is 6.08 Å². The molecule has 2 aromatic heterocycles. The van der Waals surface area contributed by atoms with Crippen molar-refractivity contribution in [2.75, 3.05) is 12.4 Å². The molecule has 0 bridgehead atoms. The van der Waals surface area contributed by atoms with Gasteiger partial charge in [-0.1, -0.05) is 13.8 Å². The Morgan fingerprint density at radius 3 is 2.88 bits per heavy atom. The van der Waals surface area contributed by atoms with Gasteiger partial charge in [0, 0.05) is 30.9 Å². The lowest BCUT2D eigenvalue weighted by Gasteiger charge is -2.02. The first-order valence-electron chi connectivity index (χ1n) is 7.65. The Hall–Kier alpha value is -2.54. The van der Waals surface area contributed by atoms with E-state index < -0.39 is 0 Å². The standard InChI is InChI=1S/C17H20N4O2S/c1-4-11(2)14-10-24-17(20-14)21-15(22)6-5-12-7-13(9-19-8-12)16(23)18-3/h5-11H,4H2,1-3H3,(H,18,23)(H,20,21,22)/b6-5-/t11-/m0/s1. The molecule has 1 atom stereocenters. The molecule has 126 valence electrons. The van der Waals surface area contributed by atoms with Crippen molar-refractivity contribution in [3.8, 4) is 0 Å². The first-order valence-corrected chi connectivity index (χ1v) is 8.53. The van der Waals surface area contributed by atoms with Crippen molar-refractivity contribution in [3.63, 3.8) is 0 Å². The van der Waals surface area contributed by atoms with Crippen molar-refractivity contribution in [1.82, 2.24) is 15.3 Å². The summed E-state index contributed by atoms with van der Waals surface area (Å²) in [6, 6.07) is 1.67. The van der Waals surface area contributed by atoms with Gasteiger partial charge >= 0.3 is 0 Å². The fourth-order valence-electron chi connectivity index (χ4n) is 1.92. The van der Waals surface area contributed by atoms with Gasteiger partial charge in [0.15, 0.2) is 5.13 Å². The van der Waals surface area contributed by atoms with E-state index in [0.717, 1.165) is 12.1 Å². The third-order valence-electron chi connectivity index (χ3n) is 3.55. The zero-order valence-corrected chi connectivity index (χ0v) is 14.7. The minimum Gasteiger partial charge on any atom is -0.355 e. The molecule has 7 heteroatoms. The second-order valence-corrected chi connectivity index (χ2v) is 6.15. The number of nitrogens with zero attached hydrogens (tertiary/aromatic N) is 2. The lowest BCUT2D eigenvalue weighted by molar-refractivity contribution is -0.111. The third-order valence-corrected chi connectivity index (χ3v) is 4.32. The van der Waals surface area contributed by atoms with Crippen LogP contribution in [0.4, 0.5) is 5.13 Å². The summed E-state index contributed by atoms with van der Waals surface area (Å²) in [7, 11) is 1.56. The van der Waals surface area contributed by atoms with Gasteiger partial charge in [-0.3, -0.25) is 19.9 Å². The van der Waals surface area contributed by atoms with Gasteiger partial charge in [-0.25, -0.2) is 4.98 Å². The Balaban J connectivity index is 2.00. The SMILES string of the molecule is CC[C@H](C)c1csc(NC(=O)/C=C\c2cncc(C(=O)NC)c2)n1. The molecule has 2 amide bonds. The highest BCUT2D eigenvalue weighted by molar-refractivity contribution is 7.14. The molecule has 0 aliphatic heterocycles. The van der Waals surface area contributed by atoms with Crippen molar-refractivity contribution in [2.45, 2.75) is 26.2 Å². The molecule has 0 unspecified atom stereocenters. The predicted molar refractivity (Wildman–Crippen MR) is 96.1 cm³/mol. The summed E-state index contributed by atoms with van der Waals surface area (Å²) in [6.45, 7) is 4.21. The summed E-state index contributed by atoms with van der Waals surface area (Å²) in [4.78, 5) is 31.9. The van der Waals surface area contributed by atoms with Gasteiger partial charge in [-0.05, 0) is 30.0 Å². The summed E-state index contributed by atoms with van der Waals surface area (Å²) in [5.74, 6) is -0.117. The van der Waals surface area contributed by atoms with E-state index in [9.17, 15) is 9.59 Å². The molecule has 0 aromatic carbocycles. The number of thiazole rings is 1. The summed E-state index contributed by atoms with van der Waals surface area (Å²) in [6.07, 6.45) is 7.07. The Labute approximate surface area is 145 Å². The predicted octanol–water partition coefficient (Wildman–Crippen LogP) is 3.06. The number of hydrogen-bond donors (Lipinski definition) is 2. The highest BCUT2D eigenvalue weighted by Gasteiger charge is 2.09. The van der Waals surface area contributed by atoms with Crippen LogP contribution in [0.1, 0.15) is 47.8 Å². The Morgan fingerprint density at radius 1 is 1.38 bits per heavy atom. The quantitative estimate of drug-likeness (QED) is 0.789. The molecular formula is C17H20N4O2S. The van der Waals surface area contributed by atoms with E-state index in [4.69, 9.17) is 0 Å². The average Bonchev–Trinajstić information content (AvgIpc) is 3.07. The Kier molecular flexibility index (Phi) is 6.20. The van der Waals surface area contributed by atoms with Crippen LogP contribution in [0.5, 0.6) is 0 Å². The molecule has 0 radical (unpaired) electrons. The molecule has 6 nitrogen and oxygen atoms in total. The van der Waals surface area contributed by atoms with Crippen molar-refractivity contribution in [3.05, 3.63) is 46.7 Å². The number of pyridine rings is 1. The number of hydrogen-bond acceptors (Lipinski definition) is 5. The zero-order chi connectivity index (χ0) is 17.5. The largest absolute Gasteiger partial charge is 0.355 e. The van der Waals surface area contributed by atoms with Crippen LogP contribution in [-0.4, -0.2) is 28.8 Å². The van der Waals surface area contributed by atoms with E-state index >= 15 is 0 Å². The maximum atomic E-state index is 12.0. The van der Waals surface area contributed by atoms with Gasteiger partial charge in [-0.2, -0.15) is 0 Å². The monoisotopic (exact) mass is 344 g/mol. The van der Waals surface area contributed by atoms with E-state index in [1.807, 2.05) is 5.38 Å². The topological polar surface area (TPSA) is 84.0 Å². The maximum Gasteiger partial charge on any atom is 0.252 e.